The molecular formula is C39H54N4O2. The minimum absolute atomic E-state index is 0.0566. The molecule has 1 saturated carbocycles. The third-order valence-electron chi connectivity index (χ3n) is 13.2. The second kappa shape index (κ2) is 12.1. The van der Waals surface area contributed by atoms with E-state index < -0.39 is 6.10 Å². The first-order valence-corrected chi connectivity index (χ1v) is 18.4. The van der Waals surface area contributed by atoms with Crippen LogP contribution < -0.4 is 5.32 Å². The zero-order chi connectivity index (χ0) is 30.6. The lowest BCUT2D eigenvalue weighted by atomic mass is 9.48. The molecule has 3 fully saturated rings. The summed E-state index contributed by atoms with van der Waals surface area (Å²) in [4.78, 5) is 22.3. The van der Waals surface area contributed by atoms with Gasteiger partial charge in [0.15, 0.2) is 0 Å². The summed E-state index contributed by atoms with van der Waals surface area (Å²) < 4.78 is 0. The summed E-state index contributed by atoms with van der Waals surface area (Å²) in [5, 5.41) is 18.9. The van der Waals surface area contributed by atoms with Gasteiger partial charge in [-0.3, -0.25) is 14.6 Å². The molecule has 242 valence electrons. The van der Waals surface area contributed by atoms with Crippen LogP contribution in [0.1, 0.15) is 101 Å². The molecule has 1 aromatic heterocycles. The van der Waals surface area contributed by atoms with Gasteiger partial charge in [0.25, 0.3) is 0 Å². The highest BCUT2D eigenvalue weighted by Crippen LogP contribution is 2.66. The van der Waals surface area contributed by atoms with Crippen molar-refractivity contribution < 1.29 is 9.90 Å². The molecule has 3 N–H and O–H groups in total. The van der Waals surface area contributed by atoms with Gasteiger partial charge in [-0.15, -0.1) is 0 Å². The smallest absolute Gasteiger partial charge is 0.131 e. The molecule has 6 aliphatic rings. The van der Waals surface area contributed by atoms with Gasteiger partial charge in [-0.05, 0) is 115 Å². The maximum absolute atomic E-state index is 13.3. The van der Waals surface area contributed by atoms with Crippen LogP contribution in [0.5, 0.6) is 0 Å². The summed E-state index contributed by atoms with van der Waals surface area (Å²) in [6.07, 6.45) is 23.3. The van der Waals surface area contributed by atoms with Crippen LogP contribution in [0.15, 0.2) is 48.6 Å². The number of aromatic nitrogens is 1. The Labute approximate surface area is 269 Å². The first kappa shape index (κ1) is 30.1. The van der Waals surface area contributed by atoms with Crippen LogP contribution in [0.3, 0.4) is 0 Å². The van der Waals surface area contributed by atoms with Crippen molar-refractivity contribution in [3.8, 4) is 0 Å². The predicted octanol–water partition coefficient (Wildman–Crippen LogP) is 6.47. The highest BCUT2D eigenvalue weighted by molar-refractivity contribution is 5.85. The summed E-state index contributed by atoms with van der Waals surface area (Å²) in [7, 11) is 0. The number of benzene rings is 1. The Morgan fingerprint density at radius 3 is 2.60 bits per heavy atom. The van der Waals surface area contributed by atoms with Crippen molar-refractivity contribution in [3.63, 3.8) is 0 Å². The first-order valence-electron chi connectivity index (χ1n) is 18.4. The maximum atomic E-state index is 13.3. The molecule has 45 heavy (non-hydrogen) atoms. The molecule has 2 saturated heterocycles. The molecule has 6 heterocycles. The number of rotatable bonds is 2. The van der Waals surface area contributed by atoms with Crippen molar-refractivity contribution >= 4 is 16.7 Å². The Kier molecular flexibility index (Phi) is 8.08. The van der Waals surface area contributed by atoms with Crippen LogP contribution in [0, 0.1) is 17.3 Å². The van der Waals surface area contributed by atoms with Crippen molar-refractivity contribution in [1.29, 1.82) is 0 Å². The van der Waals surface area contributed by atoms with E-state index in [0.717, 1.165) is 71.1 Å². The zero-order valence-corrected chi connectivity index (χ0v) is 27.4. The standard InChI is InChI=1S/C39H54N4O2/c1-27(44)24-28-25-31-33(35-34-30(18-23-43(28)35)29-16-10-11-17-32(29)41-34)36(45)39-20-13-7-3-5-9-15-22-42(39)26-38(31)19-12-6-2-4-8-14-21-40-37(38)39/h2-3,6-7,10-11,16-17,28,31,33,35-37,40-41,45H,4-5,8-9,12-15,18-26H2,1H3/b6-2-,7-3-/t28-,31?,33?,35?,36?,37?,38?,39?/m1/s1. The number of para-hydroxylation sites is 1. The molecule has 1 aromatic carbocycles. The lowest BCUT2D eigenvalue weighted by molar-refractivity contribution is -0.174. The van der Waals surface area contributed by atoms with Gasteiger partial charge in [-0.25, -0.2) is 0 Å². The average molecular weight is 611 g/mol. The fourth-order valence-corrected chi connectivity index (χ4v) is 11.6. The van der Waals surface area contributed by atoms with E-state index in [2.05, 4.69) is 68.7 Å². The monoisotopic (exact) mass is 610 g/mol. The van der Waals surface area contributed by atoms with Gasteiger partial charge in [0.05, 0.1) is 17.7 Å². The number of Topliss-reactive ketones (excluding diaryl/α,β-unsaturated/α-hetero) is 1. The Balaban J connectivity index is 1.33. The maximum Gasteiger partial charge on any atom is 0.131 e. The van der Waals surface area contributed by atoms with E-state index >= 15 is 0 Å². The lowest BCUT2D eigenvalue weighted by Crippen LogP contribution is -2.74. The number of aromatic amines is 1. The van der Waals surface area contributed by atoms with E-state index in [0.29, 0.717) is 18.1 Å². The third kappa shape index (κ3) is 4.76. The third-order valence-corrected chi connectivity index (χ3v) is 13.2. The molecule has 6 nitrogen and oxygen atoms in total. The van der Waals surface area contributed by atoms with E-state index in [-0.39, 0.29) is 35.0 Å². The van der Waals surface area contributed by atoms with Gasteiger partial charge in [0.2, 0.25) is 0 Å². The quantitative estimate of drug-likeness (QED) is 0.340. The van der Waals surface area contributed by atoms with Crippen LogP contribution in [-0.2, 0) is 11.2 Å². The number of aliphatic hydroxyl groups is 1. The predicted molar refractivity (Wildman–Crippen MR) is 181 cm³/mol. The number of ketones is 1. The van der Waals surface area contributed by atoms with Crippen molar-refractivity contribution in [2.24, 2.45) is 17.3 Å². The van der Waals surface area contributed by atoms with Gasteiger partial charge in [0.1, 0.15) is 5.78 Å². The SMILES string of the molecule is CC(=O)C[C@@H]1CC2C(C3c4[nH]c5ccccc5c4CCN31)C(O)C13CC/C=C\CCCCN1CC21CC/C=C\CCCCNC13. The molecule has 2 bridgehead atoms. The van der Waals surface area contributed by atoms with Crippen LogP contribution >= 0.6 is 0 Å². The lowest BCUT2D eigenvalue weighted by Gasteiger charge is -2.64. The summed E-state index contributed by atoms with van der Waals surface area (Å²) in [5.41, 5.74) is 3.75. The Bertz CT molecular complexity index is 1460. The molecule has 8 rings (SSSR count). The Hall–Kier alpha value is -2.25. The van der Waals surface area contributed by atoms with Gasteiger partial charge in [-0.2, -0.15) is 0 Å². The number of fused-ring (bicyclic) bond motifs is 7. The fraction of sp³-hybridized carbons (Fsp3) is 0.667. The van der Waals surface area contributed by atoms with Crippen molar-refractivity contribution in [1.82, 2.24) is 20.1 Å². The highest BCUT2D eigenvalue weighted by Gasteiger charge is 2.74. The van der Waals surface area contributed by atoms with Crippen molar-refractivity contribution in [3.05, 3.63) is 59.8 Å². The minimum Gasteiger partial charge on any atom is -0.391 e. The van der Waals surface area contributed by atoms with Gasteiger partial charge in [-0.1, -0.05) is 42.5 Å². The summed E-state index contributed by atoms with van der Waals surface area (Å²) >= 11 is 0. The number of carbonyl (C=O) groups is 1. The Morgan fingerprint density at radius 1 is 0.978 bits per heavy atom. The summed E-state index contributed by atoms with van der Waals surface area (Å²) in [6, 6.07) is 9.38. The number of aliphatic hydroxyl groups excluding tert-OH is 1. The van der Waals surface area contributed by atoms with E-state index in [9.17, 15) is 9.90 Å². The van der Waals surface area contributed by atoms with Crippen LogP contribution in [0.2, 0.25) is 0 Å². The molecular weight excluding hydrogens is 556 g/mol. The van der Waals surface area contributed by atoms with Crippen molar-refractivity contribution in [2.45, 2.75) is 120 Å². The van der Waals surface area contributed by atoms with E-state index in [1.807, 2.05) is 0 Å². The molecule has 0 amide bonds. The van der Waals surface area contributed by atoms with E-state index in [1.165, 1.54) is 54.3 Å². The van der Waals surface area contributed by atoms with Gasteiger partial charge in [0, 0.05) is 59.5 Å². The summed E-state index contributed by atoms with van der Waals surface area (Å²) in [6.45, 7) is 5.91. The molecule has 7 unspecified atom stereocenters. The minimum atomic E-state index is -0.438. The molecule has 6 heteroatoms. The number of nitrogens with zero attached hydrogens (tertiary/aromatic N) is 2. The number of nitrogens with one attached hydrogen (secondary N) is 2. The number of hydrogen-bond acceptors (Lipinski definition) is 5. The molecule has 8 atom stereocenters. The number of carbonyl (C=O) groups excluding carboxylic acids is 1. The number of allylic oxidation sites excluding steroid dienone is 4. The second-order valence-electron chi connectivity index (χ2n) is 15.5. The molecule has 1 spiro atoms. The number of hydrogen-bond donors (Lipinski definition) is 3. The van der Waals surface area contributed by atoms with E-state index in [4.69, 9.17) is 0 Å². The van der Waals surface area contributed by atoms with Crippen LogP contribution in [0.4, 0.5) is 0 Å². The normalized spacial score (nSPS) is 40.6. The topological polar surface area (TPSA) is 71.6 Å². The van der Waals surface area contributed by atoms with Crippen LogP contribution in [-0.4, -0.2) is 75.6 Å². The fourth-order valence-electron chi connectivity index (χ4n) is 11.6. The van der Waals surface area contributed by atoms with Crippen LogP contribution in [0.25, 0.3) is 10.9 Å². The second-order valence-corrected chi connectivity index (χ2v) is 15.5. The first-order chi connectivity index (χ1) is 22.0. The molecule has 0 radical (unpaired) electrons. The summed E-state index contributed by atoms with van der Waals surface area (Å²) in [5.74, 6) is 0.770. The molecule has 1 aliphatic carbocycles. The molecule has 2 aromatic rings. The van der Waals surface area contributed by atoms with Crippen molar-refractivity contribution in [2.75, 3.05) is 26.2 Å². The van der Waals surface area contributed by atoms with E-state index in [1.54, 1.807) is 6.92 Å². The average Bonchev–Trinajstić information content (AvgIpc) is 3.51. The zero-order valence-electron chi connectivity index (χ0n) is 27.4. The molecule has 5 aliphatic heterocycles. The number of piperidine rings is 1. The largest absolute Gasteiger partial charge is 0.391 e. The number of H-pyrrole nitrogens is 1. The Morgan fingerprint density at radius 2 is 1.76 bits per heavy atom. The highest BCUT2D eigenvalue weighted by atomic mass is 16.3. The van der Waals surface area contributed by atoms with Gasteiger partial charge < -0.3 is 15.4 Å². The van der Waals surface area contributed by atoms with Gasteiger partial charge >= 0.3 is 0 Å².